The summed E-state index contributed by atoms with van der Waals surface area (Å²) in [5.41, 5.74) is -1.19. The lowest BCUT2D eigenvalue weighted by Gasteiger charge is -2.31. The highest BCUT2D eigenvalue weighted by molar-refractivity contribution is 5.79. The molecule has 0 unspecified atom stereocenters. The molecule has 12 heavy (non-hydrogen) atoms. The van der Waals surface area contributed by atoms with Crippen molar-refractivity contribution in [3.05, 3.63) is 0 Å². The molecule has 1 rings (SSSR count). The number of methoxy groups -OCH3 is 1. The molecule has 1 fully saturated rings. The first-order valence-electron chi connectivity index (χ1n) is 4.39. The Morgan fingerprint density at radius 3 is 2.42 bits per heavy atom. The molecule has 0 aliphatic heterocycles. The molecule has 0 aromatic carbocycles. The number of hydrogen-bond donors (Lipinski definition) is 1. The Morgan fingerprint density at radius 1 is 1.50 bits per heavy atom. The van der Waals surface area contributed by atoms with Crippen LogP contribution in [0.4, 0.5) is 0 Å². The molecule has 1 aliphatic rings. The Hall–Kier alpha value is -0.570. The monoisotopic (exact) mass is 172 g/mol. The summed E-state index contributed by atoms with van der Waals surface area (Å²) in [5, 5.41) is 9.78. The van der Waals surface area contributed by atoms with Gasteiger partial charge in [-0.05, 0) is 31.6 Å². The zero-order valence-corrected chi connectivity index (χ0v) is 7.67. The summed E-state index contributed by atoms with van der Waals surface area (Å²) in [6, 6.07) is 0. The Balaban J connectivity index is 2.55. The van der Waals surface area contributed by atoms with Crippen molar-refractivity contribution in [2.45, 2.75) is 38.2 Å². The number of carbonyl (C=O) groups is 1. The van der Waals surface area contributed by atoms with Crippen LogP contribution in [0.15, 0.2) is 0 Å². The predicted molar refractivity (Wildman–Crippen MR) is 44.6 cm³/mol. The van der Waals surface area contributed by atoms with E-state index in [2.05, 4.69) is 11.7 Å². The van der Waals surface area contributed by atoms with Gasteiger partial charge in [0.05, 0.1) is 7.11 Å². The first kappa shape index (κ1) is 9.52. The van der Waals surface area contributed by atoms with Crippen LogP contribution >= 0.6 is 0 Å². The van der Waals surface area contributed by atoms with Gasteiger partial charge in [0.1, 0.15) is 0 Å². The zero-order valence-electron chi connectivity index (χ0n) is 7.67. The molecule has 70 valence electrons. The molecular formula is C9H16O3. The Labute approximate surface area is 72.7 Å². The van der Waals surface area contributed by atoms with Gasteiger partial charge in [0, 0.05) is 0 Å². The van der Waals surface area contributed by atoms with E-state index in [9.17, 15) is 9.90 Å². The zero-order chi connectivity index (χ0) is 9.19. The van der Waals surface area contributed by atoms with E-state index in [-0.39, 0.29) is 0 Å². The third-order valence-corrected chi connectivity index (χ3v) is 2.67. The minimum atomic E-state index is -1.19. The standard InChI is InChI=1S/C9H16O3/c1-7-3-5-9(11,6-4-7)8(10)12-2/h7,11H,3-6H2,1-2H3. The first-order valence-corrected chi connectivity index (χ1v) is 4.39. The van der Waals surface area contributed by atoms with Crippen LogP contribution < -0.4 is 0 Å². The summed E-state index contributed by atoms with van der Waals surface area (Å²) >= 11 is 0. The van der Waals surface area contributed by atoms with Crippen molar-refractivity contribution in [3.63, 3.8) is 0 Å². The van der Waals surface area contributed by atoms with Crippen molar-refractivity contribution in [2.24, 2.45) is 5.92 Å². The smallest absolute Gasteiger partial charge is 0.337 e. The van der Waals surface area contributed by atoms with Gasteiger partial charge in [-0.3, -0.25) is 0 Å². The lowest BCUT2D eigenvalue weighted by Crippen LogP contribution is -2.42. The largest absolute Gasteiger partial charge is 0.467 e. The molecule has 0 bridgehead atoms. The van der Waals surface area contributed by atoms with Crippen LogP contribution in [0.25, 0.3) is 0 Å². The summed E-state index contributed by atoms with van der Waals surface area (Å²) in [4.78, 5) is 11.1. The van der Waals surface area contributed by atoms with Gasteiger partial charge in [0.15, 0.2) is 5.60 Å². The normalized spacial score (nSPS) is 36.1. The molecular weight excluding hydrogens is 156 g/mol. The second-order valence-corrected chi connectivity index (χ2v) is 3.71. The fourth-order valence-corrected chi connectivity index (χ4v) is 1.63. The lowest BCUT2D eigenvalue weighted by atomic mass is 9.80. The molecule has 3 heteroatoms. The number of aliphatic hydroxyl groups is 1. The van der Waals surface area contributed by atoms with Crippen molar-refractivity contribution in [3.8, 4) is 0 Å². The maximum absolute atomic E-state index is 11.1. The van der Waals surface area contributed by atoms with Crippen LogP contribution in [0.3, 0.4) is 0 Å². The number of ether oxygens (including phenoxy) is 1. The van der Waals surface area contributed by atoms with E-state index >= 15 is 0 Å². The molecule has 0 spiro atoms. The minimum Gasteiger partial charge on any atom is -0.467 e. The van der Waals surface area contributed by atoms with Gasteiger partial charge in [0.2, 0.25) is 0 Å². The maximum Gasteiger partial charge on any atom is 0.337 e. The average molecular weight is 172 g/mol. The first-order chi connectivity index (χ1) is 5.58. The highest BCUT2D eigenvalue weighted by Gasteiger charge is 2.39. The third kappa shape index (κ3) is 1.78. The second kappa shape index (κ2) is 3.44. The van der Waals surface area contributed by atoms with E-state index in [1.807, 2.05) is 0 Å². The van der Waals surface area contributed by atoms with Gasteiger partial charge in [-0.2, -0.15) is 0 Å². The summed E-state index contributed by atoms with van der Waals surface area (Å²) in [6.07, 6.45) is 2.90. The fraction of sp³-hybridized carbons (Fsp3) is 0.889. The molecule has 0 amide bonds. The molecule has 0 atom stereocenters. The molecule has 1 saturated carbocycles. The van der Waals surface area contributed by atoms with Crippen molar-refractivity contribution < 1.29 is 14.6 Å². The Morgan fingerprint density at radius 2 is 2.00 bits per heavy atom. The topological polar surface area (TPSA) is 46.5 Å². The van der Waals surface area contributed by atoms with Gasteiger partial charge in [-0.15, -0.1) is 0 Å². The van der Waals surface area contributed by atoms with Gasteiger partial charge < -0.3 is 9.84 Å². The van der Waals surface area contributed by atoms with Crippen molar-refractivity contribution >= 4 is 5.97 Å². The Bertz CT molecular complexity index is 169. The minimum absolute atomic E-state index is 0.477. The van der Waals surface area contributed by atoms with Crippen LogP contribution in [0.5, 0.6) is 0 Å². The molecule has 1 aliphatic carbocycles. The molecule has 0 heterocycles. The molecule has 0 saturated heterocycles. The van der Waals surface area contributed by atoms with Crippen molar-refractivity contribution in [2.75, 3.05) is 7.11 Å². The van der Waals surface area contributed by atoms with Crippen LogP contribution in [-0.2, 0) is 9.53 Å². The van der Waals surface area contributed by atoms with E-state index < -0.39 is 11.6 Å². The summed E-state index contributed by atoms with van der Waals surface area (Å²) in [7, 11) is 1.32. The molecule has 0 aromatic rings. The molecule has 0 radical (unpaired) electrons. The van der Waals surface area contributed by atoms with Gasteiger partial charge in [-0.1, -0.05) is 6.92 Å². The molecule has 0 aromatic heterocycles. The quantitative estimate of drug-likeness (QED) is 0.602. The van der Waals surface area contributed by atoms with Crippen LogP contribution in [0.1, 0.15) is 32.6 Å². The highest BCUT2D eigenvalue weighted by atomic mass is 16.5. The van der Waals surface area contributed by atoms with Gasteiger partial charge in [-0.25, -0.2) is 4.79 Å². The van der Waals surface area contributed by atoms with E-state index in [1.54, 1.807) is 0 Å². The third-order valence-electron chi connectivity index (χ3n) is 2.67. The number of rotatable bonds is 1. The van der Waals surface area contributed by atoms with E-state index in [1.165, 1.54) is 7.11 Å². The SMILES string of the molecule is COC(=O)C1(O)CCC(C)CC1. The van der Waals surface area contributed by atoms with Gasteiger partial charge >= 0.3 is 5.97 Å². The number of carbonyl (C=O) groups excluding carboxylic acids is 1. The van der Waals surface area contributed by atoms with E-state index in [0.29, 0.717) is 18.8 Å². The summed E-state index contributed by atoms with van der Waals surface area (Å²) < 4.78 is 4.54. The second-order valence-electron chi connectivity index (χ2n) is 3.71. The van der Waals surface area contributed by atoms with Crippen LogP contribution in [0, 0.1) is 5.92 Å². The molecule has 1 N–H and O–H groups in total. The van der Waals surface area contributed by atoms with Crippen LogP contribution in [-0.4, -0.2) is 23.8 Å². The maximum atomic E-state index is 11.1. The summed E-state index contributed by atoms with van der Waals surface area (Å²) in [6.45, 7) is 2.14. The Kier molecular flexibility index (Phi) is 2.73. The molecule has 3 nitrogen and oxygen atoms in total. The highest BCUT2D eigenvalue weighted by Crippen LogP contribution is 2.32. The summed E-state index contributed by atoms with van der Waals surface area (Å²) in [5.74, 6) is 0.143. The van der Waals surface area contributed by atoms with Crippen LogP contribution in [0.2, 0.25) is 0 Å². The number of hydrogen-bond acceptors (Lipinski definition) is 3. The lowest BCUT2D eigenvalue weighted by molar-refractivity contribution is -0.166. The average Bonchev–Trinajstić information content (AvgIpc) is 2.09. The van der Waals surface area contributed by atoms with Gasteiger partial charge in [0.25, 0.3) is 0 Å². The predicted octanol–water partition coefficient (Wildman–Crippen LogP) is 1.10. The van der Waals surface area contributed by atoms with Crippen molar-refractivity contribution in [1.82, 2.24) is 0 Å². The van der Waals surface area contributed by atoms with E-state index in [4.69, 9.17) is 0 Å². The van der Waals surface area contributed by atoms with Crippen molar-refractivity contribution in [1.29, 1.82) is 0 Å². The van der Waals surface area contributed by atoms with E-state index in [0.717, 1.165) is 12.8 Å². The fourth-order valence-electron chi connectivity index (χ4n) is 1.63. The number of esters is 1.